The molecule has 2 atom stereocenters. The van der Waals surface area contributed by atoms with Gasteiger partial charge in [-0.3, -0.25) is 4.79 Å². The van der Waals surface area contributed by atoms with Crippen molar-refractivity contribution in [2.45, 2.75) is 38.8 Å². The Balaban J connectivity index is 2.38. The summed E-state index contributed by atoms with van der Waals surface area (Å²) in [4.78, 5) is 11.7. The van der Waals surface area contributed by atoms with Crippen molar-refractivity contribution in [3.8, 4) is 0 Å². The fourth-order valence-corrected chi connectivity index (χ4v) is 1.93. The number of ether oxygens (including phenoxy) is 1. The smallest absolute Gasteiger partial charge is 0.221 e. The summed E-state index contributed by atoms with van der Waals surface area (Å²) in [5, 5.41) is 6.34. The zero-order valence-electron chi connectivity index (χ0n) is 12.7. The minimum Gasteiger partial charge on any atom is -0.383 e. The van der Waals surface area contributed by atoms with Crippen LogP contribution < -0.4 is 10.6 Å². The molecule has 4 heteroatoms. The molecule has 0 heterocycles. The highest BCUT2D eigenvalue weighted by atomic mass is 16.5. The fourth-order valence-electron chi connectivity index (χ4n) is 1.93. The Labute approximate surface area is 121 Å². The lowest BCUT2D eigenvalue weighted by atomic mass is 10.1. The molecule has 1 aromatic carbocycles. The van der Waals surface area contributed by atoms with Crippen LogP contribution in [0.1, 0.15) is 38.3 Å². The van der Waals surface area contributed by atoms with E-state index in [0.717, 1.165) is 6.42 Å². The van der Waals surface area contributed by atoms with Gasteiger partial charge in [0.2, 0.25) is 5.91 Å². The van der Waals surface area contributed by atoms with Crippen LogP contribution in [0.2, 0.25) is 0 Å². The summed E-state index contributed by atoms with van der Waals surface area (Å²) in [6.07, 6.45) is 1.44. The second kappa shape index (κ2) is 9.50. The van der Waals surface area contributed by atoms with Gasteiger partial charge in [-0.15, -0.1) is 0 Å². The molecule has 0 aliphatic rings. The van der Waals surface area contributed by atoms with Crippen molar-refractivity contribution in [3.63, 3.8) is 0 Å². The molecule has 0 fully saturated rings. The summed E-state index contributed by atoms with van der Waals surface area (Å²) in [6, 6.07) is 10.5. The van der Waals surface area contributed by atoms with E-state index in [-0.39, 0.29) is 18.0 Å². The SMILES string of the molecule is CCC(C)NC(=O)CCNC(COC)c1ccccc1. The van der Waals surface area contributed by atoms with Gasteiger partial charge in [0.05, 0.1) is 12.6 Å². The Morgan fingerprint density at radius 2 is 2.00 bits per heavy atom. The molecule has 0 bridgehead atoms. The maximum absolute atomic E-state index is 11.7. The summed E-state index contributed by atoms with van der Waals surface area (Å²) >= 11 is 0. The highest BCUT2D eigenvalue weighted by molar-refractivity contribution is 5.76. The normalized spacial score (nSPS) is 13.8. The monoisotopic (exact) mass is 278 g/mol. The molecule has 1 aromatic rings. The number of carbonyl (C=O) groups is 1. The van der Waals surface area contributed by atoms with Gasteiger partial charge in [-0.25, -0.2) is 0 Å². The second-order valence-corrected chi connectivity index (χ2v) is 5.00. The molecule has 0 spiro atoms. The fraction of sp³-hybridized carbons (Fsp3) is 0.562. The van der Waals surface area contributed by atoms with Gasteiger partial charge in [0.25, 0.3) is 0 Å². The first-order valence-electron chi connectivity index (χ1n) is 7.24. The summed E-state index contributed by atoms with van der Waals surface area (Å²) in [5.74, 6) is 0.0936. The minimum atomic E-state index is 0.0936. The van der Waals surface area contributed by atoms with Crippen molar-refractivity contribution in [1.82, 2.24) is 10.6 Å². The van der Waals surface area contributed by atoms with E-state index < -0.39 is 0 Å². The number of rotatable bonds is 9. The molecule has 20 heavy (non-hydrogen) atoms. The lowest BCUT2D eigenvalue weighted by Gasteiger charge is -2.18. The van der Waals surface area contributed by atoms with Crippen LogP contribution >= 0.6 is 0 Å². The first kappa shape index (κ1) is 16.7. The molecule has 2 N–H and O–H groups in total. The van der Waals surface area contributed by atoms with Gasteiger partial charge in [-0.05, 0) is 18.9 Å². The topological polar surface area (TPSA) is 50.4 Å². The van der Waals surface area contributed by atoms with E-state index in [4.69, 9.17) is 4.74 Å². The highest BCUT2D eigenvalue weighted by Crippen LogP contribution is 2.12. The van der Waals surface area contributed by atoms with Crippen LogP contribution in [0.15, 0.2) is 30.3 Å². The van der Waals surface area contributed by atoms with E-state index in [0.29, 0.717) is 19.6 Å². The molecular weight excluding hydrogens is 252 g/mol. The van der Waals surface area contributed by atoms with Gasteiger partial charge in [0.15, 0.2) is 0 Å². The Morgan fingerprint density at radius 1 is 1.30 bits per heavy atom. The molecule has 0 saturated carbocycles. The quantitative estimate of drug-likeness (QED) is 0.728. The van der Waals surface area contributed by atoms with Gasteiger partial charge >= 0.3 is 0 Å². The molecule has 112 valence electrons. The average molecular weight is 278 g/mol. The number of hydrogen-bond donors (Lipinski definition) is 2. The average Bonchev–Trinajstić information content (AvgIpc) is 2.47. The second-order valence-electron chi connectivity index (χ2n) is 5.00. The van der Waals surface area contributed by atoms with Gasteiger partial charge in [-0.1, -0.05) is 37.3 Å². The first-order valence-corrected chi connectivity index (χ1v) is 7.24. The van der Waals surface area contributed by atoms with E-state index in [2.05, 4.69) is 29.7 Å². The first-order chi connectivity index (χ1) is 9.67. The molecule has 0 aliphatic carbocycles. The number of benzene rings is 1. The standard InChI is InChI=1S/C16H26N2O2/c1-4-13(2)18-16(19)10-11-17-15(12-20-3)14-8-6-5-7-9-14/h5-9,13,15,17H,4,10-12H2,1-3H3,(H,18,19). The summed E-state index contributed by atoms with van der Waals surface area (Å²) in [7, 11) is 1.69. The van der Waals surface area contributed by atoms with E-state index in [1.54, 1.807) is 7.11 Å². The van der Waals surface area contributed by atoms with Gasteiger partial charge in [-0.2, -0.15) is 0 Å². The van der Waals surface area contributed by atoms with E-state index in [1.807, 2.05) is 25.1 Å². The number of amides is 1. The summed E-state index contributed by atoms with van der Waals surface area (Å²) in [6.45, 7) is 5.32. The molecule has 1 amide bonds. The number of nitrogens with one attached hydrogen (secondary N) is 2. The van der Waals surface area contributed by atoms with Crippen LogP contribution in [0.3, 0.4) is 0 Å². The van der Waals surface area contributed by atoms with Gasteiger partial charge in [0.1, 0.15) is 0 Å². The molecule has 0 saturated heterocycles. The van der Waals surface area contributed by atoms with Crippen molar-refractivity contribution >= 4 is 5.91 Å². The zero-order valence-corrected chi connectivity index (χ0v) is 12.7. The number of hydrogen-bond acceptors (Lipinski definition) is 3. The predicted octanol–water partition coefficient (Wildman–Crippen LogP) is 2.27. The summed E-state index contributed by atoms with van der Waals surface area (Å²) in [5.41, 5.74) is 1.18. The van der Waals surface area contributed by atoms with Gasteiger partial charge < -0.3 is 15.4 Å². The Morgan fingerprint density at radius 3 is 2.60 bits per heavy atom. The number of methoxy groups -OCH3 is 1. The van der Waals surface area contributed by atoms with Crippen LogP contribution in [-0.2, 0) is 9.53 Å². The Bertz CT molecular complexity index is 381. The van der Waals surface area contributed by atoms with Crippen LogP contribution in [0, 0.1) is 0 Å². The molecular formula is C16H26N2O2. The van der Waals surface area contributed by atoms with Crippen molar-refractivity contribution in [1.29, 1.82) is 0 Å². The molecule has 4 nitrogen and oxygen atoms in total. The maximum atomic E-state index is 11.7. The van der Waals surface area contributed by atoms with Crippen molar-refractivity contribution in [3.05, 3.63) is 35.9 Å². The Kier molecular flexibility index (Phi) is 7.92. The third-order valence-corrected chi connectivity index (χ3v) is 3.30. The summed E-state index contributed by atoms with van der Waals surface area (Å²) < 4.78 is 5.23. The van der Waals surface area contributed by atoms with Crippen LogP contribution in [-0.4, -0.2) is 32.2 Å². The third kappa shape index (κ3) is 6.17. The largest absolute Gasteiger partial charge is 0.383 e. The molecule has 2 unspecified atom stereocenters. The Hall–Kier alpha value is -1.39. The van der Waals surface area contributed by atoms with Crippen molar-refractivity contribution in [2.75, 3.05) is 20.3 Å². The van der Waals surface area contributed by atoms with Crippen molar-refractivity contribution in [2.24, 2.45) is 0 Å². The van der Waals surface area contributed by atoms with Crippen LogP contribution in [0.25, 0.3) is 0 Å². The third-order valence-electron chi connectivity index (χ3n) is 3.30. The van der Waals surface area contributed by atoms with Crippen LogP contribution in [0.4, 0.5) is 0 Å². The lowest BCUT2D eigenvalue weighted by Crippen LogP contribution is -2.35. The lowest BCUT2D eigenvalue weighted by molar-refractivity contribution is -0.121. The van der Waals surface area contributed by atoms with Gasteiger partial charge in [0, 0.05) is 26.1 Å². The van der Waals surface area contributed by atoms with E-state index in [1.165, 1.54) is 5.56 Å². The van der Waals surface area contributed by atoms with E-state index in [9.17, 15) is 4.79 Å². The van der Waals surface area contributed by atoms with E-state index >= 15 is 0 Å². The predicted molar refractivity (Wildman–Crippen MR) is 81.6 cm³/mol. The minimum absolute atomic E-state index is 0.0936. The molecule has 0 radical (unpaired) electrons. The van der Waals surface area contributed by atoms with Crippen molar-refractivity contribution < 1.29 is 9.53 Å². The molecule has 0 aromatic heterocycles. The van der Waals surface area contributed by atoms with Crippen LogP contribution in [0.5, 0.6) is 0 Å². The number of carbonyl (C=O) groups excluding carboxylic acids is 1. The zero-order chi connectivity index (χ0) is 14.8. The molecule has 0 aliphatic heterocycles. The maximum Gasteiger partial charge on any atom is 0.221 e. The molecule has 1 rings (SSSR count). The highest BCUT2D eigenvalue weighted by Gasteiger charge is 2.11.